The van der Waals surface area contributed by atoms with Gasteiger partial charge in [0.05, 0.1) is 24.4 Å². The first-order valence-corrected chi connectivity index (χ1v) is 12.2. The summed E-state index contributed by atoms with van der Waals surface area (Å²) in [5, 5.41) is 26.3. The first-order valence-electron chi connectivity index (χ1n) is 12.2. The number of nitrogens with zero attached hydrogens (tertiary/aromatic N) is 7. The zero-order valence-corrected chi connectivity index (χ0v) is 20.3. The molecule has 12 nitrogen and oxygen atoms in total. The monoisotopic (exact) mass is 504 g/mol. The first kappa shape index (κ1) is 24.4. The van der Waals surface area contributed by atoms with E-state index in [-0.39, 0.29) is 17.2 Å². The van der Waals surface area contributed by atoms with Crippen molar-refractivity contribution in [1.29, 1.82) is 0 Å². The van der Waals surface area contributed by atoms with Crippen molar-refractivity contribution in [3.05, 3.63) is 69.3 Å². The topological polar surface area (TPSA) is 142 Å². The summed E-state index contributed by atoms with van der Waals surface area (Å²) >= 11 is 0. The van der Waals surface area contributed by atoms with Gasteiger partial charge in [0.2, 0.25) is 23.6 Å². The Hall–Kier alpha value is -4.32. The number of morpholine rings is 1. The number of nitro groups is 1. The number of phenolic OH excluding ortho intramolecular Hbond substituents is 1. The minimum absolute atomic E-state index is 0.217. The minimum atomic E-state index is -0.600. The van der Waals surface area contributed by atoms with E-state index in [1.54, 1.807) is 6.07 Å². The fourth-order valence-electron chi connectivity index (χ4n) is 4.40. The number of hydrogen-bond donors (Lipinski definition) is 2. The zero-order valence-electron chi connectivity index (χ0n) is 20.3. The smallest absolute Gasteiger partial charge is 0.311 e. The van der Waals surface area contributed by atoms with Gasteiger partial charge in [-0.25, -0.2) is 5.43 Å². The van der Waals surface area contributed by atoms with Gasteiger partial charge < -0.3 is 19.6 Å². The third-order valence-electron chi connectivity index (χ3n) is 6.29. The summed E-state index contributed by atoms with van der Waals surface area (Å²) in [6.07, 6.45) is 3.98. The van der Waals surface area contributed by atoms with E-state index in [9.17, 15) is 15.2 Å². The lowest BCUT2D eigenvalue weighted by atomic mass is 10.0. The van der Waals surface area contributed by atoms with Crippen molar-refractivity contribution in [2.75, 3.05) is 54.6 Å². The van der Waals surface area contributed by atoms with Crippen molar-refractivity contribution in [1.82, 2.24) is 15.0 Å². The van der Waals surface area contributed by atoms with Crippen molar-refractivity contribution in [2.24, 2.45) is 5.10 Å². The van der Waals surface area contributed by atoms with Gasteiger partial charge in [-0.3, -0.25) is 10.1 Å². The number of hydrazone groups is 1. The molecule has 2 N–H and O–H groups in total. The van der Waals surface area contributed by atoms with Gasteiger partial charge in [-0.15, -0.1) is 0 Å². The lowest BCUT2D eigenvalue weighted by molar-refractivity contribution is -0.385. The Kier molecular flexibility index (Phi) is 7.36. The summed E-state index contributed by atoms with van der Waals surface area (Å²) < 4.78 is 5.45. The van der Waals surface area contributed by atoms with Gasteiger partial charge in [0.1, 0.15) is 0 Å². The van der Waals surface area contributed by atoms with Crippen LogP contribution >= 0.6 is 0 Å². The highest BCUT2D eigenvalue weighted by Gasteiger charge is 2.22. The molecule has 12 heteroatoms. The Morgan fingerprint density at radius 1 is 1.00 bits per heavy atom. The normalized spacial score (nSPS) is 15.9. The number of rotatable bonds is 8. The highest BCUT2D eigenvalue weighted by molar-refractivity contribution is 5.86. The maximum atomic E-state index is 11.6. The average Bonchev–Trinajstić information content (AvgIpc) is 3.46. The molecule has 3 aromatic rings. The molecule has 192 valence electrons. The lowest BCUT2D eigenvalue weighted by Gasteiger charge is -2.27. The molecular weight excluding hydrogens is 476 g/mol. The second-order valence-electron chi connectivity index (χ2n) is 8.89. The highest BCUT2D eigenvalue weighted by atomic mass is 16.6. The van der Waals surface area contributed by atoms with E-state index < -0.39 is 10.7 Å². The molecule has 0 aliphatic carbocycles. The van der Waals surface area contributed by atoms with Crippen molar-refractivity contribution in [3.8, 4) is 5.75 Å². The summed E-state index contributed by atoms with van der Waals surface area (Å²) in [5.41, 5.74) is 4.35. The van der Waals surface area contributed by atoms with Crippen LogP contribution < -0.4 is 15.2 Å². The molecule has 2 fully saturated rings. The minimum Gasteiger partial charge on any atom is -0.502 e. The average molecular weight is 505 g/mol. The molecule has 37 heavy (non-hydrogen) atoms. The molecule has 0 spiro atoms. The molecular formula is C25H28N8O4. The van der Waals surface area contributed by atoms with Crippen LogP contribution in [0.4, 0.5) is 23.5 Å². The standard InChI is InChI=1S/C25H28N8O4/c34-22-20(15-19(16-21(22)33(35)36)14-18-6-2-1-3-7-18)17-26-30-23-27-24(31-8-4-5-9-31)29-25(28-23)32-10-12-37-13-11-32/h1-3,6-7,15-17,34H,4-5,8-14H2,(H,27,28,29,30)/b26-17+. The summed E-state index contributed by atoms with van der Waals surface area (Å²) in [6.45, 7) is 4.31. The predicted molar refractivity (Wildman–Crippen MR) is 140 cm³/mol. The second-order valence-corrected chi connectivity index (χ2v) is 8.89. The Labute approximate surface area is 213 Å². The van der Waals surface area contributed by atoms with Crippen LogP contribution in [-0.2, 0) is 11.2 Å². The molecule has 1 aromatic heterocycles. The van der Waals surface area contributed by atoms with Gasteiger partial charge in [-0.05, 0) is 36.5 Å². The summed E-state index contributed by atoms with van der Waals surface area (Å²) in [4.78, 5) is 28.9. The van der Waals surface area contributed by atoms with Gasteiger partial charge in [-0.1, -0.05) is 30.3 Å². The molecule has 0 amide bonds. The number of benzene rings is 2. The quantitative estimate of drug-likeness (QED) is 0.267. The largest absolute Gasteiger partial charge is 0.502 e. The van der Waals surface area contributed by atoms with Crippen molar-refractivity contribution < 1.29 is 14.8 Å². The fourth-order valence-corrected chi connectivity index (χ4v) is 4.40. The van der Waals surface area contributed by atoms with Crippen LogP contribution in [0.25, 0.3) is 0 Å². The van der Waals surface area contributed by atoms with Gasteiger partial charge in [-0.2, -0.15) is 20.1 Å². The lowest BCUT2D eigenvalue weighted by Crippen LogP contribution is -2.38. The van der Waals surface area contributed by atoms with Gasteiger partial charge in [0, 0.05) is 37.8 Å². The molecule has 0 bridgehead atoms. The van der Waals surface area contributed by atoms with E-state index in [1.807, 2.05) is 35.2 Å². The number of hydrogen-bond acceptors (Lipinski definition) is 11. The number of anilines is 3. The molecule has 0 saturated carbocycles. The Morgan fingerprint density at radius 2 is 1.68 bits per heavy atom. The van der Waals surface area contributed by atoms with Crippen LogP contribution in [0.1, 0.15) is 29.5 Å². The fraction of sp³-hybridized carbons (Fsp3) is 0.360. The molecule has 3 heterocycles. The van der Waals surface area contributed by atoms with Crippen LogP contribution in [0.15, 0.2) is 47.6 Å². The predicted octanol–water partition coefficient (Wildman–Crippen LogP) is 2.96. The van der Waals surface area contributed by atoms with E-state index in [1.165, 1.54) is 12.3 Å². The SMILES string of the molecule is O=[N+]([O-])c1cc(Cc2ccccc2)cc(/C=N/Nc2nc(N3CCCC3)nc(N3CCOCC3)n2)c1O. The number of aromatic hydroxyl groups is 1. The van der Waals surface area contributed by atoms with E-state index in [0.29, 0.717) is 50.2 Å². The van der Waals surface area contributed by atoms with Crippen LogP contribution in [0.3, 0.4) is 0 Å². The van der Waals surface area contributed by atoms with E-state index in [2.05, 4.69) is 30.4 Å². The number of aromatic nitrogens is 3. The molecule has 0 unspecified atom stereocenters. The van der Waals surface area contributed by atoms with Crippen LogP contribution in [0.5, 0.6) is 5.75 Å². The molecule has 0 atom stereocenters. The molecule has 2 aliphatic heterocycles. The molecule has 2 aliphatic rings. The van der Waals surface area contributed by atoms with Crippen molar-refractivity contribution in [2.45, 2.75) is 19.3 Å². The van der Waals surface area contributed by atoms with E-state index in [4.69, 9.17) is 4.74 Å². The third-order valence-corrected chi connectivity index (χ3v) is 6.29. The van der Waals surface area contributed by atoms with Gasteiger partial charge >= 0.3 is 5.69 Å². The molecule has 2 aromatic carbocycles. The zero-order chi connectivity index (χ0) is 25.6. The molecule has 2 saturated heterocycles. The molecule has 5 rings (SSSR count). The summed E-state index contributed by atoms with van der Waals surface area (Å²) in [6, 6.07) is 12.7. The number of phenols is 1. The second kappa shape index (κ2) is 11.2. The van der Waals surface area contributed by atoms with Crippen molar-refractivity contribution >= 4 is 29.7 Å². The number of ether oxygens (including phenoxy) is 1. The van der Waals surface area contributed by atoms with Crippen LogP contribution in [0.2, 0.25) is 0 Å². The van der Waals surface area contributed by atoms with Gasteiger partial charge in [0.25, 0.3) is 0 Å². The molecule has 0 radical (unpaired) electrons. The van der Waals surface area contributed by atoms with E-state index in [0.717, 1.165) is 31.5 Å². The Bertz CT molecular complexity index is 1280. The first-order chi connectivity index (χ1) is 18.1. The Morgan fingerprint density at radius 3 is 2.35 bits per heavy atom. The highest BCUT2D eigenvalue weighted by Crippen LogP contribution is 2.31. The van der Waals surface area contributed by atoms with Crippen LogP contribution in [0, 0.1) is 10.1 Å². The van der Waals surface area contributed by atoms with Crippen LogP contribution in [-0.4, -0.2) is 70.6 Å². The maximum absolute atomic E-state index is 11.6. The maximum Gasteiger partial charge on any atom is 0.311 e. The number of nitrogens with one attached hydrogen (secondary N) is 1. The third kappa shape index (κ3) is 5.92. The number of nitro benzene ring substituents is 1. The van der Waals surface area contributed by atoms with Crippen molar-refractivity contribution in [3.63, 3.8) is 0 Å². The summed E-state index contributed by atoms with van der Waals surface area (Å²) in [5.74, 6) is 0.926. The van der Waals surface area contributed by atoms with E-state index >= 15 is 0 Å². The van der Waals surface area contributed by atoms with Gasteiger partial charge in [0.15, 0.2) is 0 Å². The summed E-state index contributed by atoms with van der Waals surface area (Å²) in [7, 11) is 0. The Balaban J connectivity index is 1.40.